The van der Waals surface area contributed by atoms with Crippen molar-refractivity contribution in [2.24, 2.45) is 29.6 Å². The molecule has 6 atom stereocenters. The number of nitrogens with two attached hydrogens (primary N) is 1. The first-order chi connectivity index (χ1) is 26.1. The fourth-order valence-electron chi connectivity index (χ4n) is 8.52. The lowest BCUT2D eigenvalue weighted by molar-refractivity contribution is -0.202. The van der Waals surface area contributed by atoms with Crippen LogP contribution in [-0.4, -0.2) is 130 Å². The molecule has 19 heteroatoms. The standard InChI is InChI=1S/C18H32N2O6S.C13H23NO5S.C5H11NO2.CH4/c1-14-11-15(2)13-20(12-14)27(22,23)18(6-9-24-10-7-18)17(21)19-26-16-5-3-4-8-25-16;1-10-7-11(2)9-14(8-10)20(17,18)13(12(15)16)3-5-19-6-4-13;6-8-5-3-1-2-4-7-5;/h14-16H,3-13H2,1-2H3,(H,19,21);10-11H,3-9H2,1-2H3,(H,15,16);5H,1-4,6H2;1H4. The summed E-state index contributed by atoms with van der Waals surface area (Å²) in [6, 6.07) is 0. The van der Waals surface area contributed by atoms with Crippen LogP contribution in [0.2, 0.25) is 0 Å². The number of hydrogen-bond acceptors (Lipinski definition) is 13. The van der Waals surface area contributed by atoms with Gasteiger partial charge in [0, 0.05) is 104 Å². The van der Waals surface area contributed by atoms with Crippen LogP contribution in [0.15, 0.2) is 0 Å². The van der Waals surface area contributed by atoms with Gasteiger partial charge in [-0.25, -0.2) is 41.7 Å². The molecule has 0 spiro atoms. The molecule has 0 aromatic rings. The van der Waals surface area contributed by atoms with E-state index in [4.69, 9.17) is 29.7 Å². The van der Waals surface area contributed by atoms with Crippen LogP contribution in [0.25, 0.3) is 0 Å². The van der Waals surface area contributed by atoms with E-state index >= 15 is 0 Å². The smallest absolute Gasteiger partial charge is 0.326 e. The largest absolute Gasteiger partial charge is 0.480 e. The number of rotatable bonds is 9. The van der Waals surface area contributed by atoms with Crippen molar-refractivity contribution >= 4 is 31.9 Å². The van der Waals surface area contributed by atoms with E-state index in [1.54, 1.807) is 0 Å². The average Bonchev–Trinajstić information content (AvgIpc) is 3.17. The Kier molecular flexibility index (Phi) is 19.4. The second-order valence-electron chi connectivity index (χ2n) is 16.3. The third-order valence-corrected chi connectivity index (χ3v) is 16.6. The average molecular weight is 843 g/mol. The molecular weight excluding hydrogens is 773 g/mol. The molecule has 6 rings (SSSR count). The van der Waals surface area contributed by atoms with Crippen LogP contribution < -0.4 is 11.4 Å². The van der Waals surface area contributed by atoms with Gasteiger partial charge in [-0.05, 0) is 62.2 Å². The number of ether oxygens (including phenoxy) is 4. The Morgan fingerprint density at radius 1 is 0.661 bits per heavy atom. The topological polar surface area (TPSA) is 223 Å². The second kappa shape index (κ2) is 22.2. The number of sulfonamides is 2. The number of hydroxylamine groups is 1. The fraction of sp³-hybridized carbons (Fsp3) is 0.946. The summed E-state index contributed by atoms with van der Waals surface area (Å²) in [5.41, 5.74) is 2.41. The Balaban J connectivity index is 0.000000254. The van der Waals surface area contributed by atoms with Crippen LogP contribution >= 0.6 is 0 Å². The van der Waals surface area contributed by atoms with Gasteiger partial charge < -0.3 is 24.1 Å². The van der Waals surface area contributed by atoms with Gasteiger partial charge in [0.15, 0.2) is 22.1 Å². The number of carboxylic acids is 1. The summed E-state index contributed by atoms with van der Waals surface area (Å²) in [7, 11) is -7.70. The van der Waals surface area contributed by atoms with E-state index in [-0.39, 0.29) is 89.5 Å². The van der Waals surface area contributed by atoms with Crippen LogP contribution in [0.1, 0.15) is 112 Å². The molecule has 6 saturated heterocycles. The molecule has 0 aromatic heterocycles. The maximum atomic E-state index is 13.6. The molecule has 6 aliphatic rings. The lowest BCUT2D eigenvalue weighted by Gasteiger charge is -2.42. The summed E-state index contributed by atoms with van der Waals surface area (Å²) in [6.45, 7) is 12.1. The number of piperidine rings is 2. The number of amides is 1. The Hall–Kier alpha value is -1.52. The van der Waals surface area contributed by atoms with E-state index < -0.39 is 47.7 Å². The number of carbonyl (C=O) groups excluding carboxylic acids is 1. The molecule has 4 N–H and O–H groups in total. The minimum atomic E-state index is -3.86. The molecule has 0 radical (unpaired) electrons. The molecule has 0 saturated carbocycles. The summed E-state index contributed by atoms with van der Waals surface area (Å²) in [5.74, 6) is 4.10. The maximum Gasteiger partial charge on any atom is 0.326 e. The van der Waals surface area contributed by atoms with Gasteiger partial charge in [0.25, 0.3) is 5.91 Å². The lowest BCUT2D eigenvalue weighted by Crippen LogP contribution is -2.61. The van der Waals surface area contributed by atoms with Crippen molar-refractivity contribution in [1.82, 2.24) is 14.1 Å². The van der Waals surface area contributed by atoms with Crippen molar-refractivity contribution in [2.75, 3.05) is 65.8 Å². The van der Waals surface area contributed by atoms with E-state index in [2.05, 4.69) is 24.2 Å². The van der Waals surface area contributed by atoms with Gasteiger partial charge in [0.05, 0.1) is 0 Å². The SMILES string of the molecule is C.CC1CC(C)CN(S(=O)(=O)C2(C(=O)NOC3CCCCO3)CCOCC2)C1.CC1CC(C)CN(S(=O)(=O)C2(C(=O)O)CCOCC2)C1.NOC1CCCCO1. The van der Waals surface area contributed by atoms with Crippen LogP contribution in [0.3, 0.4) is 0 Å². The van der Waals surface area contributed by atoms with Crippen molar-refractivity contribution in [1.29, 1.82) is 0 Å². The highest BCUT2D eigenvalue weighted by atomic mass is 32.2. The summed E-state index contributed by atoms with van der Waals surface area (Å²) >= 11 is 0. The minimum Gasteiger partial charge on any atom is -0.480 e. The first kappa shape index (κ1) is 48.8. The number of aliphatic carboxylic acids is 1. The third-order valence-electron chi connectivity index (χ3n) is 11.5. The number of carbonyl (C=O) groups is 2. The van der Waals surface area contributed by atoms with E-state index in [0.717, 1.165) is 45.1 Å². The number of hydrogen-bond donors (Lipinski definition) is 3. The highest BCUT2D eigenvalue weighted by molar-refractivity contribution is 7.91. The molecule has 1 amide bonds. The summed E-state index contributed by atoms with van der Waals surface area (Å²) in [6.07, 6.45) is 7.52. The third kappa shape index (κ3) is 12.0. The van der Waals surface area contributed by atoms with Crippen LogP contribution in [-0.2, 0) is 58.3 Å². The van der Waals surface area contributed by atoms with E-state index in [0.29, 0.717) is 39.2 Å². The van der Waals surface area contributed by atoms with Crippen molar-refractivity contribution in [2.45, 2.75) is 134 Å². The van der Waals surface area contributed by atoms with Crippen LogP contribution in [0, 0.1) is 23.7 Å². The predicted molar refractivity (Wildman–Crippen MR) is 208 cm³/mol. The van der Waals surface area contributed by atoms with Crippen molar-refractivity contribution in [3.05, 3.63) is 0 Å². The molecule has 6 fully saturated rings. The zero-order valence-corrected chi connectivity index (χ0v) is 34.8. The molecule has 56 heavy (non-hydrogen) atoms. The summed E-state index contributed by atoms with van der Waals surface area (Å²) in [5, 5.41) is 9.53. The van der Waals surface area contributed by atoms with Crippen molar-refractivity contribution in [3.63, 3.8) is 0 Å². The molecule has 328 valence electrons. The Morgan fingerprint density at radius 3 is 1.41 bits per heavy atom. The fourth-order valence-corrected chi connectivity index (χ4v) is 13.2. The monoisotopic (exact) mass is 842 g/mol. The van der Waals surface area contributed by atoms with Crippen molar-refractivity contribution < 1.29 is 60.2 Å². The number of nitrogens with one attached hydrogen (secondary N) is 1. The zero-order valence-electron chi connectivity index (χ0n) is 33.2. The zero-order chi connectivity index (χ0) is 40.3. The van der Waals surface area contributed by atoms with E-state index in [1.807, 2.05) is 13.8 Å². The first-order valence-electron chi connectivity index (χ1n) is 20.0. The molecule has 6 unspecified atom stereocenters. The normalized spacial score (nSPS) is 31.5. The van der Waals surface area contributed by atoms with Gasteiger partial charge in [-0.3, -0.25) is 14.4 Å². The lowest BCUT2D eigenvalue weighted by atomic mass is 9.93. The minimum absolute atomic E-state index is 0. The Bertz CT molecular complexity index is 1410. The van der Waals surface area contributed by atoms with E-state index in [9.17, 15) is 31.5 Å². The quantitative estimate of drug-likeness (QED) is 0.283. The maximum absolute atomic E-state index is 13.6. The summed E-state index contributed by atoms with van der Waals surface area (Å²) in [4.78, 5) is 34.6. The van der Waals surface area contributed by atoms with Crippen LogP contribution in [0.5, 0.6) is 0 Å². The Morgan fingerprint density at radius 2 is 1.05 bits per heavy atom. The second-order valence-corrected chi connectivity index (χ2v) is 20.8. The summed E-state index contributed by atoms with van der Waals surface area (Å²) < 4.78 is 73.6. The van der Waals surface area contributed by atoms with Gasteiger partial charge in [-0.1, -0.05) is 35.1 Å². The molecule has 0 aromatic carbocycles. The Labute approximate surface area is 334 Å². The van der Waals surface area contributed by atoms with Gasteiger partial charge in [0.1, 0.15) is 0 Å². The van der Waals surface area contributed by atoms with Crippen molar-refractivity contribution in [3.8, 4) is 0 Å². The van der Waals surface area contributed by atoms with Gasteiger partial charge in [0.2, 0.25) is 20.0 Å². The molecular formula is C37H70N4O13S2. The molecule has 6 aliphatic heterocycles. The number of carboxylic acid groups (broad SMARTS) is 1. The highest BCUT2D eigenvalue weighted by Crippen LogP contribution is 2.37. The van der Waals surface area contributed by atoms with Gasteiger partial charge in [-0.2, -0.15) is 0 Å². The molecule has 17 nitrogen and oxygen atoms in total. The molecule has 0 aliphatic carbocycles. The number of nitrogens with zero attached hydrogens (tertiary/aromatic N) is 2. The van der Waals surface area contributed by atoms with Gasteiger partial charge >= 0.3 is 5.97 Å². The van der Waals surface area contributed by atoms with Gasteiger partial charge in [-0.15, -0.1) is 0 Å². The van der Waals surface area contributed by atoms with E-state index in [1.165, 1.54) is 15.0 Å². The van der Waals surface area contributed by atoms with Crippen LogP contribution in [0.4, 0.5) is 0 Å². The molecule has 0 bridgehead atoms. The first-order valence-corrected chi connectivity index (χ1v) is 22.9. The highest BCUT2D eigenvalue weighted by Gasteiger charge is 2.56. The molecule has 6 heterocycles. The predicted octanol–water partition coefficient (Wildman–Crippen LogP) is 3.39.